The molecular weight excluding hydrogens is 236 g/mol. The van der Waals surface area contributed by atoms with E-state index in [1.807, 2.05) is 30.3 Å². The maximum absolute atomic E-state index is 11.4. The molecule has 0 aliphatic rings. The second kappa shape index (κ2) is 5.54. The van der Waals surface area contributed by atoms with E-state index in [2.05, 4.69) is 10.2 Å². The summed E-state index contributed by atoms with van der Waals surface area (Å²) in [4.78, 5) is 11.4. The van der Waals surface area contributed by atoms with Gasteiger partial charge >= 0.3 is 5.97 Å². The molecule has 0 radical (unpaired) electrons. The molecule has 0 atom stereocenters. The van der Waals surface area contributed by atoms with Crippen LogP contribution in [0.3, 0.4) is 0 Å². The molecule has 88 valence electrons. The fourth-order valence-electron chi connectivity index (χ4n) is 1.37. The van der Waals surface area contributed by atoms with Crippen molar-refractivity contribution in [2.75, 3.05) is 6.61 Å². The highest BCUT2D eigenvalue weighted by molar-refractivity contribution is 7.13. The molecule has 0 aliphatic heterocycles. The fourth-order valence-corrected chi connectivity index (χ4v) is 2.14. The highest BCUT2D eigenvalue weighted by Crippen LogP contribution is 2.15. The number of carbonyl (C=O) groups excluding carboxylic acids is 1. The van der Waals surface area contributed by atoms with E-state index in [0.717, 1.165) is 10.6 Å². The van der Waals surface area contributed by atoms with Crippen LogP contribution >= 0.6 is 11.3 Å². The molecule has 0 aliphatic carbocycles. The fraction of sp³-hybridized carbons (Fsp3) is 0.250. The van der Waals surface area contributed by atoms with Gasteiger partial charge in [0.1, 0.15) is 5.01 Å². The third kappa shape index (κ3) is 3.10. The third-order valence-corrected chi connectivity index (χ3v) is 3.02. The van der Waals surface area contributed by atoms with Crippen LogP contribution in [0.25, 0.3) is 0 Å². The molecule has 2 rings (SSSR count). The lowest BCUT2D eigenvalue weighted by molar-refractivity contribution is 0.0525. The van der Waals surface area contributed by atoms with Crippen molar-refractivity contribution in [1.29, 1.82) is 0 Å². The molecule has 0 N–H and O–H groups in total. The quantitative estimate of drug-likeness (QED) is 0.779. The van der Waals surface area contributed by atoms with Crippen LogP contribution < -0.4 is 0 Å². The van der Waals surface area contributed by atoms with Crippen LogP contribution in [-0.2, 0) is 11.2 Å². The van der Waals surface area contributed by atoms with E-state index in [1.165, 1.54) is 11.3 Å². The Morgan fingerprint density at radius 2 is 2.06 bits per heavy atom. The van der Waals surface area contributed by atoms with Gasteiger partial charge in [-0.3, -0.25) is 0 Å². The average Bonchev–Trinajstić information content (AvgIpc) is 2.79. The van der Waals surface area contributed by atoms with E-state index >= 15 is 0 Å². The van der Waals surface area contributed by atoms with Crippen molar-refractivity contribution in [3.63, 3.8) is 0 Å². The van der Waals surface area contributed by atoms with E-state index in [9.17, 15) is 4.79 Å². The lowest BCUT2D eigenvalue weighted by Crippen LogP contribution is -2.03. The summed E-state index contributed by atoms with van der Waals surface area (Å²) in [7, 11) is 0. The van der Waals surface area contributed by atoms with Crippen molar-refractivity contribution < 1.29 is 9.53 Å². The number of esters is 1. The highest BCUT2D eigenvalue weighted by Gasteiger charge is 2.13. The van der Waals surface area contributed by atoms with Crippen molar-refractivity contribution in [3.05, 3.63) is 45.9 Å². The summed E-state index contributed by atoms with van der Waals surface area (Å²) in [5.74, 6) is -0.399. The molecule has 0 fully saturated rings. The molecular formula is C12H12N2O2S. The number of hydrogen-bond donors (Lipinski definition) is 0. The van der Waals surface area contributed by atoms with Crippen molar-refractivity contribution in [2.45, 2.75) is 13.3 Å². The van der Waals surface area contributed by atoms with Crippen LogP contribution in [0.4, 0.5) is 0 Å². The Labute approximate surface area is 103 Å². The van der Waals surface area contributed by atoms with Crippen LogP contribution in [0.15, 0.2) is 30.3 Å². The van der Waals surface area contributed by atoms with Crippen LogP contribution in [0.1, 0.15) is 27.3 Å². The van der Waals surface area contributed by atoms with E-state index in [-0.39, 0.29) is 0 Å². The first-order valence-electron chi connectivity index (χ1n) is 5.33. The van der Waals surface area contributed by atoms with Gasteiger partial charge in [-0.15, -0.1) is 10.2 Å². The van der Waals surface area contributed by atoms with Gasteiger partial charge in [0.2, 0.25) is 5.01 Å². The molecule has 1 aromatic heterocycles. The summed E-state index contributed by atoms with van der Waals surface area (Å²) in [5, 5.41) is 8.94. The van der Waals surface area contributed by atoms with Crippen molar-refractivity contribution in [1.82, 2.24) is 10.2 Å². The maximum Gasteiger partial charge on any atom is 0.369 e. The number of benzene rings is 1. The normalized spacial score (nSPS) is 10.2. The van der Waals surface area contributed by atoms with Crippen molar-refractivity contribution in [3.8, 4) is 0 Å². The predicted molar refractivity (Wildman–Crippen MR) is 65.1 cm³/mol. The molecule has 0 saturated carbocycles. The van der Waals surface area contributed by atoms with Crippen LogP contribution in [0.2, 0.25) is 0 Å². The number of ether oxygens (including phenoxy) is 1. The topological polar surface area (TPSA) is 52.1 Å². The average molecular weight is 248 g/mol. The predicted octanol–water partition coefficient (Wildman–Crippen LogP) is 2.31. The number of carbonyl (C=O) groups is 1. The van der Waals surface area contributed by atoms with Crippen molar-refractivity contribution >= 4 is 17.3 Å². The van der Waals surface area contributed by atoms with Crippen LogP contribution in [0.5, 0.6) is 0 Å². The standard InChI is InChI=1S/C12H12N2O2S/c1-2-16-12(15)11-14-13-10(17-11)8-9-6-4-3-5-7-9/h3-7H,2,8H2,1H3. The van der Waals surface area contributed by atoms with Crippen LogP contribution in [-0.4, -0.2) is 22.8 Å². The van der Waals surface area contributed by atoms with Gasteiger partial charge in [-0.25, -0.2) is 4.79 Å². The molecule has 0 spiro atoms. The summed E-state index contributed by atoms with van der Waals surface area (Å²) in [6, 6.07) is 9.95. The Bertz CT molecular complexity index is 496. The Balaban J connectivity index is 2.06. The molecule has 0 saturated heterocycles. The van der Waals surface area contributed by atoms with Gasteiger partial charge in [0.05, 0.1) is 6.61 Å². The zero-order chi connectivity index (χ0) is 12.1. The van der Waals surface area contributed by atoms with Crippen molar-refractivity contribution in [2.24, 2.45) is 0 Å². The number of rotatable bonds is 4. The molecule has 5 heteroatoms. The van der Waals surface area contributed by atoms with E-state index in [1.54, 1.807) is 6.92 Å². The number of nitrogens with zero attached hydrogens (tertiary/aromatic N) is 2. The first-order chi connectivity index (χ1) is 8.29. The van der Waals surface area contributed by atoms with Gasteiger partial charge in [0.15, 0.2) is 0 Å². The van der Waals surface area contributed by atoms with Gasteiger partial charge in [0.25, 0.3) is 0 Å². The molecule has 1 aromatic carbocycles. The first kappa shape index (κ1) is 11.7. The third-order valence-electron chi connectivity index (χ3n) is 2.12. The van der Waals surface area contributed by atoms with Gasteiger partial charge in [-0.1, -0.05) is 41.7 Å². The summed E-state index contributed by atoms with van der Waals surface area (Å²) in [5.41, 5.74) is 1.15. The zero-order valence-electron chi connectivity index (χ0n) is 9.42. The maximum atomic E-state index is 11.4. The summed E-state index contributed by atoms with van der Waals surface area (Å²) in [6.45, 7) is 2.12. The molecule has 4 nitrogen and oxygen atoms in total. The van der Waals surface area contributed by atoms with Gasteiger partial charge in [0, 0.05) is 6.42 Å². The molecule has 0 amide bonds. The second-order valence-electron chi connectivity index (χ2n) is 3.38. The minimum atomic E-state index is -0.399. The summed E-state index contributed by atoms with van der Waals surface area (Å²) in [6.07, 6.45) is 0.692. The van der Waals surface area contributed by atoms with Gasteiger partial charge < -0.3 is 4.74 Å². The molecule has 2 aromatic rings. The van der Waals surface area contributed by atoms with E-state index in [0.29, 0.717) is 18.0 Å². The Hall–Kier alpha value is -1.75. The number of hydrogen-bond acceptors (Lipinski definition) is 5. The number of aromatic nitrogens is 2. The van der Waals surface area contributed by atoms with Crippen LogP contribution in [0, 0.1) is 0 Å². The Kier molecular flexibility index (Phi) is 3.82. The lowest BCUT2D eigenvalue weighted by Gasteiger charge is -1.95. The summed E-state index contributed by atoms with van der Waals surface area (Å²) >= 11 is 1.28. The molecule has 17 heavy (non-hydrogen) atoms. The molecule has 1 heterocycles. The lowest BCUT2D eigenvalue weighted by atomic mass is 10.2. The largest absolute Gasteiger partial charge is 0.461 e. The smallest absolute Gasteiger partial charge is 0.369 e. The van der Waals surface area contributed by atoms with E-state index < -0.39 is 5.97 Å². The molecule has 0 unspecified atom stereocenters. The van der Waals surface area contributed by atoms with E-state index in [4.69, 9.17) is 4.74 Å². The van der Waals surface area contributed by atoms with Gasteiger partial charge in [-0.2, -0.15) is 0 Å². The first-order valence-corrected chi connectivity index (χ1v) is 6.14. The minimum absolute atomic E-state index is 0.317. The summed E-state index contributed by atoms with van der Waals surface area (Å²) < 4.78 is 4.86. The SMILES string of the molecule is CCOC(=O)c1nnc(Cc2ccccc2)s1. The zero-order valence-corrected chi connectivity index (χ0v) is 10.2. The second-order valence-corrected chi connectivity index (χ2v) is 4.45. The molecule has 0 bridgehead atoms. The van der Waals surface area contributed by atoms with Gasteiger partial charge in [-0.05, 0) is 12.5 Å². The monoisotopic (exact) mass is 248 g/mol. The minimum Gasteiger partial charge on any atom is -0.461 e. The Morgan fingerprint density at radius 3 is 2.76 bits per heavy atom. The highest BCUT2D eigenvalue weighted by atomic mass is 32.1. The Morgan fingerprint density at radius 1 is 1.29 bits per heavy atom.